The molecule has 0 saturated heterocycles. The molecule has 0 fully saturated rings. The molecule has 0 saturated carbocycles. The van der Waals surface area contributed by atoms with Gasteiger partial charge in [-0.25, -0.2) is 0 Å². The first-order valence-corrected chi connectivity index (χ1v) is 6.85. The summed E-state index contributed by atoms with van der Waals surface area (Å²) in [5.74, 6) is 1.32. The minimum absolute atomic E-state index is 0.0875. The van der Waals surface area contributed by atoms with Crippen LogP contribution in [0.3, 0.4) is 0 Å². The van der Waals surface area contributed by atoms with E-state index in [0.29, 0.717) is 17.0 Å². The number of hydrogen-bond donors (Lipinski definition) is 1. The molecule has 2 aromatic rings. The molecule has 4 nitrogen and oxygen atoms in total. The Morgan fingerprint density at radius 1 is 1.05 bits per heavy atom. The lowest BCUT2D eigenvalue weighted by Gasteiger charge is -2.10. The standard InChI is InChI=1S/C18H19NO3/c1-12-10-14(18(22-3)11-17(12)21-2)6-9-16(20)13-4-7-15(19)8-5-13/h4-11H,19H2,1-3H3. The van der Waals surface area contributed by atoms with E-state index in [1.807, 2.05) is 19.1 Å². The molecule has 0 aliphatic carbocycles. The topological polar surface area (TPSA) is 61.5 Å². The minimum atomic E-state index is -0.0875. The molecule has 0 bridgehead atoms. The summed E-state index contributed by atoms with van der Waals surface area (Å²) in [5, 5.41) is 0. The molecule has 2 aromatic carbocycles. The van der Waals surface area contributed by atoms with Crippen molar-refractivity contribution in [2.24, 2.45) is 0 Å². The van der Waals surface area contributed by atoms with Crippen molar-refractivity contribution in [2.75, 3.05) is 20.0 Å². The Hall–Kier alpha value is -2.75. The molecule has 0 atom stereocenters. The highest BCUT2D eigenvalue weighted by Crippen LogP contribution is 2.29. The van der Waals surface area contributed by atoms with Gasteiger partial charge < -0.3 is 15.2 Å². The predicted octanol–water partition coefficient (Wildman–Crippen LogP) is 3.49. The number of anilines is 1. The molecule has 0 spiro atoms. The van der Waals surface area contributed by atoms with Crippen LogP contribution in [0.5, 0.6) is 11.5 Å². The van der Waals surface area contributed by atoms with Crippen LogP contribution in [0.1, 0.15) is 21.5 Å². The fourth-order valence-electron chi connectivity index (χ4n) is 2.13. The van der Waals surface area contributed by atoms with Crippen LogP contribution in [0, 0.1) is 6.92 Å². The summed E-state index contributed by atoms with van der Waals surface area (Å²) in [6, 6.07) is 10.6. The van der Waals surface area contributed by atoms with Gasteiger partial charge in [-0.2, -0.15) is 0 Å². The van der Waals surface area contributed by atoms with Gasteiger partial charge in [-0.3, -0.25) is 4.79 Å². The average Bonchev–Trinajstić information content (AvgIpc) is 2.53. The first-order chi connectivity index (χ1) is 10.5. The van der Waals surface area contributed by atoms with Crippen molar-refractivity contribution in [1.82, 2.24) is 0 Å². The number of hydrogen-bond acceptors (Lipinski definition) is 4. The molecule has 0 heterocycles. The Balaban J connectivity index is 2.27. The zero-order chi connectivity index (χ0) is 16.1. The number of ether oxygens (including phenoxy) is 2. The predicted molar refractivity (Wildman–Crippen MR) is 88.5 cm³/mol. The zero-order valence-electron chi connectivity index (χ0n) is 12.9. The van der Waals surface area contributed by atoms with Gasteiger partial charge in [-0.1, -0.05) is 0 Å². The van der Waals surface area contributed by atoms with Crippen LogP contribution in [0.4, 0.5) is 5.69 Å². The molecule has 114 valence electrons. The molecule has 0 amide bonds. The second-order valence-corrected chi connectivity index (χ2v) is 4.88. The molecule has 4 heteroatoms. The minimum Gasteiger partial charge on any atom is -0.496 e. The summed E-state index contributed by atoms with van der Waals surface area (Å²) in [6.07, 6.45) is 3.26. The third kappa shape index (κ3) is 3.47. The van der Waals surface area contributed by atoms with Crippen LogP contribution in [-0.4, -0.2) is 20.0 Å². The largest absolute Gasteiger partial charge is 0.496 e. The molecule has 2 rings (SSSR count). The lowest BCUT2D eigenvalue weighted by molar-refractivity contribution is 0.104. The SMILES string of the molecule is COc1cc(OC)c(C=CC(=O)c2ccc(N)cc2)cc1C. The average molecular weight is 297 g/mol. The normalized spacial score (nSPS) is 10.7. The van der Waals surface area contributed by atoms with E-state index in [0.717, 1.165) is 16.9 Å². The molecule has 0 aliphatic heterocycles. The number of benzene rings is 2. The second-order valence-electron chi connectivity index (χ2n) is 4.88. The number of aryl methyl sites for hydroxylation is 1. The van der Waals surface area contributed by atoms with E-state index in [9.17, 15) is 4.79 Å². The van der Waals surface area contributed by atoms with Gasteiger partial charge in [0.1, 0.15) is 11.5 Å². The van der Waals surface area contributed by atoms with Gasteiger partial charge in [0.25, 0.3) is 0 Å². The summed E-state index contributed by atoms with van der Waals surface area (Å²) in [5.41, 5.74) is 8.64. The highest BCUT2D eigenvalue weighted by atomic mass is 16.5. The van der Waals surface area contributed by atoms with Crippen molar-refractivity contribution in [1.29, 1.82) is 0 Å². The maximum absolute atomic E-state index is 12.1. The molecular weight excluding hydrogens is 278 g/mol. The van der Waals surface area contributed by atoms with Gasteiger partial charge in [0, 0.05) is 22.9 Å². The summed E-state index contributed by atoms with van der Waals surface area (Å²) >= 11 is 0. The Morgan fingerprint density at radius 2 is 1.68 bits per heavy atom. The number of methoxy groups -OCH3 is 2. The van der Waals surface area contributed by atoms with Crippen molar-refractivity contribution >= 4 is 17.5 Å². The number of carbonyl (C=O) groups excluding carboxylic acids is 1. The number of nitrogen functional groups attached to an aromatic ring is 1. The van der Waals surface area contributed by atoms with Crippen LogP contribution in [0.25, 0.3) is 6.08 Å². The highest BCUT2D eigenvalue weighted by molar-refractivity contribution is 6.07. The Kier molecular flexibility index (Phi) is 4.84. The molecule has 0 unspecified atom stereocenters. The zero-order valence-corrected chi connectivity index (χ0v) is 12.9. The Bertz CT molecular complexity index is 703. The second kappa shape index (κ2) is 6.80. The van der Waals surface area contributed by atoms with Crippen molar-refractivity contribution in [2.45, 2.75) is 6.92 Å². The first-order valence-electron chi connectivity index (χ1n) is 6.85. The van der Waals surface area contributed by atoms with E-state index in [4.69, 9.17) is 15.2 Å². The summed E-state index contributed by atoms with van der Waals surface area (Å²) in [7, 11) is 3.20. The number of carbonyl (C=O) groups is 1. The number of rotatable bonds is 5. The fraction of sp³-hybridized carbons (Fsp3) is 0.167. The number of ketones is 1. The van der Waals surface area contributed by atoms with E-state index in [-0.39, 0.29) is 5.78 Å². The summed E-state index contributed by atoms with van der Waals surface area (Å²) in [6.45, 7) is 1.94. The van der Waals surface area contributed by atoms with Crippen molar-refractivity contribution in [3.05, 3.63) is 59.2 Å². The number of nitrogens with two attached hydrogens (primary N) is 1. The molecular formula is C18H19NO3. The molecule has 2 N–H and O–H groups in total. The van der Waals surface area contributed by atoms with Crippen LogP contribution in [0.2, 0.25) is 0 Å². The van der Waals surface area contributed by atoms with Gasteiger partial charge in [-0.05, 0) is 55.0 Å². The van der Waals surface area contributed by atoms with Gasteiger partial charge in [0.05, 0.1) is 14.2 Å². The van der Waals surface area contributed by atoms with E-state index in [1.54, 1.807) is 44.6 Å². The number of allylic oxidation sites excluding steroid dienone is 1. The monoisotopic (exact) mass is 297 g/mol. The van der Waals surface area contributed by atoms with E-state index >= 15 is 0 Å². The molecule has 22 heavy (non-hydrogen) atoms. The lowest BCUT2D eigenvalue weighted by Crippen LogP contribution is -1.96. The van der Waals surface area contributed by atoms with Gasteiger partial charge in [0.15, 0.2) is 5.78 Å². The smallest absolute Gasteiger partial charge is 0.185 e. The Morgan fingerprint density at radius 3 is 2.27 bits per heavy atom. The van der Waals surface area contributed by atoms with Crippen LogP contribution >= 0.6 is 0 Å². The third-order valence-electron chi connectivity index (χ3n) is 3.36. The summed E-state index contributed by atoms with van der Waals surface area (Å²) in [4.78, 5) is 12.1. The van der Waals surface area contributed by atoms with Crippen LogP contribution < -0.4 is 15.2 Å². The van der Waals surface area contributed by atoms with E-state index in [2.05, 4.69) is 0 Å². The van der Waals surface area contributed by atoms with Gasteiger partial charge >= 0.3 is 0 Å². The molecule has 0 aliphatic rings. The quantitative estimate of drug-likeness (QED) is 0.521. The van der Waals surface area contributed by atoms with Crippen molar-refractivity contribution in [3.8, 4) is 11.5 Å². The first kappa shape index (κ1) is 15.6. The molecule has 0 radical (unpaired) electrons. The maximum atomic E-state index is 12.1. The third-order valence-corrected chi connectivity index (χ3v) is 3.36. The van der Waals surface area contributed by atoms with Crippen LogP contribution in [0.15, 0.2) is 42.5 Å². The van der Waals surface area contributed by atoms with Crippen molar-refractivity contribution < 1.29 is 14.3 Å². The fourth-order valence-corrected chi connectivity index (χ4v) is 2.13. The Labute approximate surface area is 130 Å². The van der Waals surface area contributed by atoms with Gasteiger partial charge in [-0.15, -0.1) is 0 Å². The van der Waals surface area contributed by atoms with E-state index < -0.39 is 0 Å². The summed E-state index contributed by atoms with van der Waals surface area (Å²) < 4.78 is 10.6. The van der Waals surface area contributed by atoms with Gasteiger partial charge in [0.2, 0.25) is 0 Å². The molecule has 0 aromatic heterocycles. The van der Waals surface area contributed by atoms with Crippen molar-refractivity contribution in [3.63, 3.8) is 0 Å². The highest BCUT2D eigenvalue weighted by Gasteiger charge is 2.07. The van der Waals surface area contributed by atoms with Crippen LogP contribution in [-0.2, 0) is 0 Å². The maximum Gasteiger partial charge on any atom is 0.185 e. The lowest BCUT2D eigenvalue weighted by atomic mass is 10.1. The van der Waals surface area contributed by atoms with E-state index in [1.165, 1.54) is 6.08 Å².